The van der Waals surface area contributed by atoms with Gasteiger partial charge in [-0.3, -0.25) is 9.89 Å². The van der Waals surface area contributed by atoms with Crippen LogP contribution in [-0.4, -0.2) is 30.6 Å². The smallest absolute Gasteiger partial charge is 0.277 e. The van der Waals surface area contributed by atoms with E-state index in [1.165, 1.54) is 0 Å². The van der Waals surface area contributed by atoms with Crippen LogP contribution in [0.25, 0.3) is 16.8 Å². The maximum Gasteiger partial charge on any atom is 0.277 e. The Morgan fingerprint density at radius 3 is 2.85 bits per heavy atom. The van der Waals surface area contributed by atoms with E-state index < -0.39 is 0 Å². The third-order valence-electron chi connectivity index (χ3n) is 4.07. The molecule has 130 valence electrons. The molecule has 0 spiro atoms. The number of fused-ring (bicyclic) bond motifs is 1. The van der Waals surface area contributed by atoms with Gasteiger partial charge in [0.1, 0.15) is 11.3 Å². The van der Waals surface area contributed by atoms with Crippen LogP contribution < -0.4 is 5.32 Å². The number of nitrogens with zero attached hydrogens (tertiary/aromatic N) is 3. The van der Waals surface area contributed by atoms with Crippen molar-refractivity contribution in [1.82, 2.24) is 19.6 Å². The third-order valence-corrected chi connectivity index (χ3v) is 4.07. The normalized spacial score (nSPS) is 11.0. The summed E-state index contributed by atoms with van der Waals surface area (Å²) in [5.41, 5.74) is 4.67. The molecule has 1 amide bonds. The number of amides is 1. The molecule has 0 saturated heterocycles. The Kier molecular flexibility index (Phi) is 3.98. The van der Waals surface area contributed by atoms with Crippen molar-refractivity contribution < 1.29 is 9.90 Å². The highest BCUT2D eigenvalue weighted by Gasteiger charge is 2.13. The van der Waals surface area contributed by atoms with E-state index >= 15 is 0 Å². The lowest BCUT2D eigenvalue weighted by atomic mass is 10.1. The van der Waals surface area contributed by atoms with E-state index in [0.717, 1.165) is 22.4 Å². The number of aliphatic hydroxyl groups is 1. The SMILES string of the molecule is Cc1cc(NC(=O)c2cn3cc(-c4cccc(CO)c4)ccc3n2)n[nH]1. The van der Waals surface area contributed by atoms with Gasteiger partial charge in [0.05, 0.1) is 6.61 Å². The van der Waals surface area contributed by atoms with Gasteiger partial charge in [-0.15, -0.1) is 0 Å². The maximum atomic E-state index is 12.4. The molecule has 0 bridgehead atoms. The highest BCUT2D eigenvalue weighted by Crippen LogP contribution is 2.21. The summed E-state index contributed by atoms with van der Waals surface area (Å²) in [6.07, 6.45) is 3.60. The minimum absolute atomic E-state index is 0.00184. The Balaban J connectivity index is 1.64. The molecule has 0 fully saturated rings. The fraction of sp³-hybridized carbons (Fsp3) is 0.105. The number of aromatic nitrogens is 4. The molecular weight excluding hydrogens is 330 g/mol. The predicted molar refractivity (Wildman–Crippen MR) is 97.8 cm³/mol. The summed E-state index contributed by atoms with van der Waals surface area (Å²) in [5, 5.41) is 18.8. The van der Waals surface area contributed by atoms with Gasteiger partial charge in [0.2, 0.25) is 0 Å². The Morgan fingerprint density at radius 1 is 1.19 bits per heavy atom. The number of anilines is 1. The van der Waals surface area contributed by atoms with Crippen molar-refractivity contribution in [3.05, 3.63) is 71.8 Å². The second kappa shape index (κ2) is 6.45. The molecule has 26 heavy (non-hydrogen) atoms. The monoisotopic (exact) mass is 347 g/mol. The fourth-order valence-corrected chi connectivity index (χ4v) is 2.78. The molecule has 0 unspecified atom stereocenters. The second-order valence-corrected chi connectivity index (χ2v) is 6.06. The summed E-state index contributed by atoms with van der Waals surface area (Å²) in [6, 6.07) is 13.2. The zero-order valence-corrected chi connectivity index (χ0v) is 14.1. The summed E-state index contributed by atoms with van der Waals surface area (Å²) in [6.45, 7) is 1.86. The Labute approximate surface area is 149 Å². The quantitative estimate of drug-likeness (QED) is 0.529. The Hall–Kier alpha value is -3.45. The molecule has 0 aliphatic carbocycles. The van der Waals surface area contributed by atoms with Gasteiger partial charge in [-0.05, 0) is 41.8 Å². The number of aromatic amines is 1. The number of hydrogen-bond acceptors (Lipinski definition) is 4. The van der Waals surface area contributed by atoms with Crippen LogP contribution in [0.4, 0.5) is 5.82 Å². The number of aliphatic hydroxyl groups excluding tert-OH is 1. The van der Waals surface area contributed by atoms with Gasteiger partial charge in [-0.1, -0.05) is 18.2 Å². The summed E-state index contributed by atoms with van der Waals surface area (Å²) in [5.74, 6) is 0.148. The van der Waals surface area contributed by atoms with Crippen LogP contribution in [0.5, 0.6) is 0 Å². The van der Waals surface area contributed by atoms with Crippen LogP contribution in [0.1, 0.15) is 21.7 Å². The lowest BCUT2D eigenvalue weighted by molar-refractivity contribution is 0.102. The number of imidazole rings is 1. The number of carbonyl (C=O) groups excluding carboxylic acids is 1. The summed E-state index contributed by atoms with van der Waals surface area (Å²) in [4.78, 5) is 16.7. The van der Waals surface area contributed by atoms with Crippen molar-refractivity contribution >= 4 is 17.4 Å². The molecule has 0 aliphatic heterocycles. The van der Waals surface area contributed by atoms with Gasteiger partial charge in [-0.25, -0.2) is 4.98 Å². The van der Waals surface area contributed by atoms with E-state index in [9.17, 15) is 9.90 Å². The first-order chi connectivity index (χ1) is 12.6. The van der Waals surface area contributed by atoms with Gasteiger partial charge in [0, 0.05) is 24.2 Å². The van der Waals surface area contributed by atoms with Crippen LogP contribution in [-0.2, 0) is 6.61 Å². The average Bonchev–Trinajstić information content (AvgIpc) is 3.27. The highest BCUT2D eigenvalue weighted by molar-refractivity contribution is 6.02. The van der Waals surface area contributed by atoms with E-state index in [4.69, 9.17) is 0 Å². The molecular formula is C19H17N5O2. The number of rotatable bonds is 4. The van der Waals surface area contributed by atoms with Crippen molar-refractivity contribution in [3.8, 4) is 11.1 Å². The summed E-state index contributed by atoms with van der Waals surface area (Å²) < 4.78 is 1.81. The minimum atomic E-state index is -0.316. The molecule has 3 aromatic heterocycles. The van der Waals surface area contributed by atoms with Gasteiger partial charge in [0.25, 0.3) is 5.91 Å². The van der Waals surface area contributed by atoms with E-state index in [1.807, 2.05) is 53.9 Å². The molecule has 0 atom stereocenters. The van der Waals surface area contributed by atoms with Gasteiger partial charge < -0.3 is 14.8 Å². The van der Waals surface area contributed by atoms with Crippen molar-refractivity contribution in [3.63, 3.8) is 0 Å². The number of aryl methyl sites for hydroxylation is 1. The van der Waals surface area contributed by atoms with Crippen LogP contribution in [0, 0.1) is 6.92 Å². The average molecular weight is 347 g/mol. The molecule has 4 rings (SSSR count). The van der Waals surface area contributed by atoms with Crippen molar-refractivity contribution in [2.24, 2.45) is 0 Å². The standard InChI is InChI=1S/C19H17N5O2/c1-12-7-17(23-22-12)21-19(26)16-10-24-9-15(5-6-18(24)20-16)14-4-2-3-13(8-14)11-25/h2-10,25H,11H2,1H3,(H2,21,22,23,26). The molecule has 7 heteroatoms. The predicted octanol–water partition coefficient (Wildman–Crippen LogP) is 2.78. The molecule has 3 N–H and O–H groups in total. The van der Waals surface area contributed by atoms with Crippen LogP contribution in [0.2, 0.25) is 0 Å². The summed E-state index contributed by atoms with van der Waals surface area (Å²) >= 11 is 0. The number of pyridine rings is 1. The number of hydrogen-bond donors (Lipinski definition) is 3. The van der Waals surface area contributed by atoms with E-state index in [0.29, 0.717) is 17.2 Å². The molecule has 0 radical (unpaired) electrons. The second-order valence-electron chi connectivity index (χ2n) is 6.06. The molecule has 1 aromatic carbocycles. The molecule has 4 aromatic rings. The number of benzene rings is 1. The molecule has 0 aliphatic rings. The topological polar surface area (TPSA) is 95.3 Å². The molecule has 3 heterocycles. The van der Waals surface area contributed by atoms with Crippen LogP contribution in [0.15, 0.2) is 54.9 Å². The maximum absolute atomic E-state index is 12.4. The zero-order valence-electron chi connectivity index (χ0n) is 14.1. The van der Waals surface area contributed by atoms with Crippen LogP contribution in [0.3, 0.4) is 0 Å². The Bertz CT molecular complexity index is 1100. The van der Waals surface area contributed by atoms with Crippen molar-refractivity contribution in [2.45, 2.75) is 13.5 Å². The highest BCUT2D eigenvalue weighted by atomic mass is 16.3. The number of H-pyrrole nitrogens is 1. The largest absolute Gasteiger partial charge is 0.392 e. The molecule has 7 nitrogen and oxygen atoms in total. The van der Waals surface area contributed by atoms with E-state index in [-0.39, 0.29) is 12.5 Å². The Morgan fingerprint density at radius 2 is 2.08 bits per heavy atom. The number of nitrogens with one attached hydrogen (secondary N) is 2. The fourth-order valence-electron chi connectivity index (χ4n) is 2.78. The third kappa shape index (κ3) is 3.07. The van der Waals surface area contributed by atoms with Crippen molar-refractivity contribution in [2.75, 3.05) is 5.32 Å². The minimum Gasteiger partial charge on any atom is -0.392 e. The van der Waals surface area contributed by atoms with Gasteiger partial charge in [0.15, 0.2) is 5.82 Å². The lowest BCUT2D eigenvalue weighted by Gasteiger charge is -2.04. The van der Waals surface area contributed by atoms with Gasteiger partial charge in [-0.2, -0.15) is 5.10 Å². The first-order valence-electron chi connectivity index (χ1n) is 8.15. The number of carbonyl (C=O) groups is 1. The lowest BCUT2D eigenvalue weighted by Crippen LogP contribution is -2.12. The van der Waals surface area contributed by atoms with Gasteiger partial charge >= 0.3 is 0 Å². The van der Waals surface area contributed by atoms with E-state index in [1.54, 1.807) is 12.3 Å². The molecule has 0 saturated carbocycles. The summed E-state index contributed by atoms with van der Waals surface area (Å²) in [7, 11) is 0. The first-order valence-corrected chi connectivity index (χ1v) is 8.15. The van der Waals surface area contributed by atoms with Crippen LogP contribution >= 0.6 is 0 Å². The zero-order chi connectivity index (χ0) is 18.1. The first kappa shape index (κ1) is 16.0. The van der Waals surface area contributed by atoms with E-state index in [2.05, 4.69) is 20.5 Å². The van der Waals surface area contributed by atoms with Crippen molar-refractivity contribution in [1.29, 1.82) is 0 Å².